The number of hydrogen-bond donors (Lipinski definition) is 2. The number of nitrogens with one attached hydrogen (secondary N) is 1. The summed E-state index contributed by atoms with van der Waals surface area (Å²) in [7, 11) is 0. The van der Waals surface area contributed by atoms with Gasteiger partial charge in [0.05, 0.1) is 6.21 Å². The third kappa shape index (κ3) is 3.98. The lowest BCUT2D eigenvalue weighted by Gasteiger charge is -2.21. The van der Waals surface area contributed by atoms with E-state index >= 15 is 0 Å². The number of aromatic hydroxyl groups is 1. The Hall–Kier alpha value is -2.15. The number of rotatable bonds is 6. The Bertz CT molecular complexity index is 816. The van der Waals surface area contributed by atoms with E-state index < -0.39 is 0 Å². The van der Waals surface area contributed by atoms with Gasteiger partial charge in [-0.15, -0.1) is 0 Å². The zero-order valence-electron chi connectivity index (χ0n) is 15.5. The molecule has 6 nitrogen and oxygen atoms in total. The van der Waals surface area contributed by atoms with Crippen LogP contribution in [0.15, 0.2) is 23.3 Å². The minimum atomic E-state index is 0.215. The Morgan fingerprint density at radius 3 is 2.69 bits per heavy atom. The maximum absolute atomic E-state index is 10.4. The molecule has 1 aromatic heterocycles. The van der Waals surface area contributed by atoms with Gasteiger partial charge in [0.25, 0.3) is 0 Å². The first-order valence-corrected chi connectivity index (χ1v) is 9.84. The van der Waals surface area contributed by atoms with Gasteiger partial charge in [0.2, 0.25) is 4.77 Å². The number of nitrogens with zero attached hydrogens (tertiary/aromatic N) is 4. The zero-order valence-corrected chi connectivity index (χ0v) is 16.3. The molecule has 1 aromatic carbocycles. The van der Waals surface area contributed by atoms with Crippen LogP contribution in [0.4, 0.5) is 5.69 Å². The highest BCUT2D eigenvalue weighted by Crippen LogP contribution is 2.31. The molecule has 0 bridgehead atoms. The molecule has 2 aromatic rings. The molecular weight excluding hydrogens is 346 g/mol. The van der Waals surface area contributed by atoms with Gasteiger partial charge >= 0.3 is 0 Å². The fourth-order valence-corrected chi connectivity index (χ4v) is 3.77. The summed E-state index contributed by atoms with van der Waals surface area (Å²) in [5.74, 6) is 1.50. The van der Waals surface area contributed by atoms with Gasteiger partial charge in [-0.1, -0.05) is 19.3 Å². The van der Waals surface area contributed by atoms with E-state index in [9.17, 15) is 5.11 Å². The Morgan fingerprint density at radius 2 is 2.04 bits per heavy atom. The summed E-state index contributed by atoms with van der Waals surface area (Å²) in [6, 6.07) is 5.67. The predicted molar refractivity (Wildman–Crippen MR) is 108 cm³/mol. The van der Waals surface area contributed by atoms with Gasteiger partial charge in [-0.3, -0.25) is 5.10 Å². The Morgan fingerprint density at radius 1 is 1.31 bits per heavy atom. The number of H-pyrrole nitrogens is 1. The highest BCUT2D eigenvalue weighted by atomic mass is 32.1. The van der Waals surface area contributed by atoms with Crippen molar-refractivity contribution >= 4 is 24.1 Å². The SMILES string of the molecule is CCN(CC)c1ccc(/C=N/n2c(C3CCCCC3)n[nH]c2=S)c(O)c1. The molecule has 0 atom stereocenters. The van der Waals surface area contributed by atoms with E-state index in [1.54, 1.807) is 17.0 Å². The molecule has 140 valence electrons. The largest absolute Gasteiger partial charge is 0.507 e. The summed E-state index contributed by atoms with van der Waals surface area (Å²) < 4.78 is 2.18. The Labute approximate surface area is 159 Å². The van der Waals surface area contributed by atoms with E-state index in [0.29, 0.717) is 16.3 Å². The predicted octanol–water partition coefficient (Wildman–Crippen LogP) is 4.42. The van der Waals surface area contributed by atoms with Crippen LogP contribution in [0.25, 0.3) is 0 Å². The normalized spacial score (nSPS) is 15.6. The number of phenolic OH excluding ortho intramolecular Hbond substituents is 1. The van der Waals surface area contributed by atoms with Gasteiger partial charge < -0.3 is 10.0 Å². The fourth-order valence-electron chi connectivity index (χ4n) is 3.59. The third-order valence-corrected chi connectivity index (χ3v) is 5.36. The second-order valence-electron chi connectivity index (χ2n) is 6.69. The van der Waals surface area contributed by atoms with Crippen LogP contribution in [0.3, 0.4) is 0 Å². The molecule has 0 aliphatic heterocycles. The monoisotopic (exact) mass is 373 g/mol. The Kier molecular flexibility index (Phi) is 6.08. The molecule has 0 amide bonds. The molecule has 2 N–H and O–H groups in total. The van der Waals surface area contributed by atoms with Crippen LogP contribution >= 0.6 is 12.2 Å². The average Bonchev–Trinajstić information content (AvgIpc) is 3.03. The van der Waals surface area contributed by atoms with Crippen molar-refractivity contribution in [3.05, 3.63) is 34.4 Å². The summed E-state index contributed by atoms with van der Waals surface area (Å²) in [5.41, 5.74) is 1.67. The van der Waals surface area contributed by atoms with Crippen LogP contribution < -0.4 is 4.90 Å². The lowest BCUT2D eigenvalue weighted by Crippen LogP contribution is -2.21. The van der Waals surface area contributed by atoms with Gasteiger partial charge in [-0.05, 0) is 51.0 Å². The third-order valence-electron chi connectivity index (χ3n) is 5.10. The van der Waals surface area contributed by atoms with Gasteiger partial charge in [-0.2, -0.15) is 14.9 Å². The lowest BCUT2D eigenvalue weighted by molar-refractivity contribution is 0.419. The minimum Gasteiger partial charge on any atom is -0.507 e. The summed E-state index contributed by atoms with van der Waals surface area (Å²) in [6.45, 7) is 6.00. The van der Waals surface area contributed by atoms with Crippen molar-refractivity contribution in [3.8, 4) is 5.75 Å². The summed E-state index contributed by atoms with van der Waals surface area (Å²) in [6.07, 6.45) is 7.64. The topological polar surface area (TPSA) is 69.4 Å². The van der Waals surface area contributed by atoms with Crippen LogP contribution in [0.2, 0.25) is 0 Å². The molecule has 1 saturated carbocycles. The number of aromatic nitrogens is 3. The highest BCUT2D eigenvalue weighted by Gasteiger charge is 2.21. The molecule has 26 heavy (non-hydrogen) atoms. The second-order valence-corrected chi connectivity index (χ2v) is 7.08. The first-order valence-electron chi connectivity index (χ1n) is 9.43. The molecule has 1 heterocycles. The zero-order chi connectivity index (χ0) is 18.5. The minimum absolute atomic E-state index is 0.215. The van der Waals surface area contributed by atoms with Crippen LogP contribution in [-0.4, -0.2) is 39.3 Å². The molecule has 3 rings (SSSR count). The highest BCUT2D eigenvalue weighted by molar-refractivity contribution is 7.71. The number of benzene rings is 1. The van der Waals surface area contributed by atoms with Gasteiger partial charge in [0, 0.05) is 36.3 Å². The molecule has 7 heteroatoms. The van der Waals surface area contributed by atoms with Gasteiger partial charge in [-0.25, -0.2) is 0 Å². The van der Waals surface area contributed by atoms with Gasteiger partial charge in [0.15, 0.2) is 5.82 Å². The lowest BCUT2D eigenvalue weighted by atomic mass is 9.89. The van der Waals surface area contributed by atoms with Crippen LogP contribution in [0.5, 0.6) is 5.75 Å². The van der Waals surface area contributed by atoms with Crippen LogP contribution in [0, 0.1) is 4.77 Å². The van der Waals surface area contributed by atoms with Crippen molar-refractivity contribution in [2.24, 2.45) is 5.10 Å². The molecular formula is C19H27N5OS. The smallest absolute Gasteiger partial charge is 0.216 e. The van der Waals surface area contributed by atoms with Crippen molar-refractivity contribution in [2.45, 2.75) is 51.9 Å². The van der Waals surface area contributed by atoms with Crippen LogP contribution in [-0.2, 0) is 0 Å². The average molecular weight is 374 g/mol. The van der Waals surface area contributed by atoms with E-state index in [1.165, 1.54) is 19.3 Å². The summed E-state index contributed by atoms with van der Waals surface area (Å²) in [4.78, 5) is 2.19. The summed E-state index contributed by atoms with van der Waals surface area (Å²) >= 11 is 5.34. The number of phenols is 1. The maximum Gasteiger partial charge on any atom is 0.216 e. The van der Waals surface area contributed by atoms with Crippen molar-refractivity contribution in [2.75, 3.05) is 18.0 Å². The fraction of sp³-hybridized carbons (Fsp3) is 0.526. The number of aromatic amines is 1. The molecule has 1 aliphatic rings. The molecule has 1 aliphatic carbocycles. The van der Waals surface area contributed by atoms with Crippen molar-refractivity contribution < 1.29 is 5.11 Å². The van der Waals surface area contributed by atoms with Crippen molar-refractivity contribution in [3.63, 3.8) is 0 Å². The van der Waals surface area contributed by atoms with Crippen molar-refractivity contribution in [1.82, 2.24) is 14.9 Å². The first-order chi connectivity index (χ1) is 12.6. The van der Waals surface area contributed by atoms with E-state index in [1.807, 2.05) is 12.1 Å². The van der Waals surface area contributed by atoms with E-state index in [2.05, 4.69) is 34.0 Å². The first kappa shape index (κ1) is 18.6. The number of hydrogen-bond acceptors (Lipinski definition) is 5. The molecule has 0 saturated heterocycles. The van der Waals surface area contributed by atoms with Crippen LogP contribution in [0.1, 0.15) is 63.3 Å². The molecule has 0 unspecified atom stereocenters. The van der Waals surface area contributed by atoms with E-state index in [0.717, 1.165) is 37.4 Å². The van der Waals surface area contributed by atoms with E-state index in [-0.39, 0.29) is 5.75 Å². The molecule has 0 spiro atoms. The molecule has 0 radical (unpaired) electrons. The maximum atomic E-state index is 10.4. The quantitative estimate of drug-likeness (QED) is 0.581. The summed E-state index contributed by atoms with van der Waals surface area (Å²) in [5, 5.41) is 22.1. The second kappa shape index (κ2) is 8.49. The Balaban J connectivity index is 1.84. The standard InChI is InChI=1S/C19H27N5OS/c1-3-23(4-2)16-11-10-15(17(25)12-16)13-20-24-18(21-22-19(24)26)14-8-6-5-7-9-14/h10-14,25H,3-9H2,1-2H3,(H,22,26)/b20-13+. The van der Waals surface area contributed by atoms with Crippen molar-refractivity contribution in [1.29, 1.82) is 0 Å². The van der Waals surface area contributed by atoms with E-state index in [4.69, 9.17) is 12.2 Å². The van der Waals surface area contributed by atoms with Gasteiger partial charge in [0.1, 0.15) is 5.75 Å². The number of anilines is 1. The molecule has 1 fully saturated rings.